The van der Waals surface area contributed by atoms with E-state index in [4.69, 9.17) is 9.47 Å². The van der Waals surface area contributed by atoms with Gasteiger partial charge in [-0.3, -0.25) is 9.59 Å². The second-order valence-corrected chi connectivity index (χ2v) is 12.6. The second-order valence-electron chi connectivity index (χ2n) is 11.6. The van der Waals surface area contributed by atoms with Crippen LogP contribution in [0.1, 0.15) is 37.7 Å². The number of piperazine rings is 1. The molecule has 1 aliphatic carbocycles. The average Bonchev–Trinajstić information content (AvgIpc) is 3.81. The molecule has 6 rings (SSSR count). The first-order chi connectivity index (χ1) is 21.5. The summed E-state index contributed by atoms with van der Waals surface area (Å²) in [6, 6.07) is 20.0. The van der Waals surface area contributed by atoms with Crippen LogP contribution in [0.4, 0.5) is 14.9 Å². The summed E-state index contributed by atoms with van der Waals surface area (Å²) in [7, 11) is 0. The topological polar surface area (TPSA) is 62.3 Å². The van der Waals surface area contributed by atoms with Crippen molar-refractivity contribution in [3.8, 4) is 17.2 Å². The van der Waals surface area contributed by atoms with Crippen LogP contribution in [0.25, 0.3) is 6.08 Å². The summed E-state index contributed by atoms with van der Waals surface area (Å²) in [5, 5.41) is -0.337. The van der Waals surface area contributed by atoms with Crippen molar-refractivity contribution in [3.05, 3.63) is 89.1 Å². The number of amides is 2. The minimum atomic E-state index is -0.357. The summed E-state index contributed by atoms with van der Waals surface area (Å²) in [4.78, 5) is 32.6. The van der Waals surface area contributed by atoms with Gasteiger partial charge < -0.3 is 19.3 Å². The number of unbranched alkanes of at least 4 members (excludes halogenated alkanes) is 2. The molecule has 3 fully saturated rings. The number of carbonyl (C=O) groups excluding carboxylic acids is 2. The van der Waals surface area contributed by atoms with Gasteiger partial charge in [0, 0.05) is 32.7 Å². The van der Waals surface area contributed by atoms with Crippen LogP contribution in [0, 0.1) is 11.7 Å². The number of imide groups is 1. The van der Waals surface area contributed by atoms with Crippen molar-refractivity contribution in [1.29, 1.82) is 0 Å². The lowest BCUT2D eigenvalue weighted by atomic mass is 10.2. The normalized spacial score (nSPS) is 18.8. The largest absolute Gasteiger partial charge is 0.494 e. The third-order valence-corrected chi connectivity index (χ3v) is 9.05. The molecule has 0 aromatic heterocycles. The van der Waals surface area contributed by atoms with Crippen LogP contribution in [0.3, 0.4) is 0 Å². The Morgan fingerprint density at radius 2 is 1.41 bits per heavy atom. The zero-order chi connectivity index (χ0) is 30.3. The van der Waals surface area contributed by atoms with Gasteiger partial charge in [-0.1, -0.05) is 12.1 Å². The summed E-state index contributed by atoms with van der Waals surface area (Å²) >= 11 is 0.915. The molecule has 1 saturated carbocycles. The van der Waals surface area contributed by atoms with E-state index >= 15 is 0 Å². The number of carbonyl (C=O) groups is 2. The van der Waals surface area contributed by atoms with Crippen molar-refractivity contribution < 1.29 is 23.5 Å². The summed E-state index contributed by atoms with van der Waals surface area (Å²) in [6.45, 7) is 7.92. The summed E-state index contributed by atoms with van der Waals surface area (Å²) in [5.74, 6) is 2.12. The first-order valence-corrected chi connectivity index (χ1v) is 16.3. The SMILES string of the molecule is O=C1SC(=Cc2ccc(Oc3ccc(F)cc3)cc2)C(=O)N1c1ccc(OCCCCCN2CCN(CC3CC3)CC2)cc1. The molecule has 44 heavy (non-hydrogen) atoms. The molecule has 230 valence electrons. The number of thioether (sulfide) groups is 1. The van der Waals surface area contributed by atoms with Crippen molar-refractivity contribution in [2.75, 3.05) is 50.8 Å². The minimum Gasteiger partial charge on any atom is -0.494 e. The molecule has 2 heterocycles. The Hall–Kier alpha value is -3.66. The predicted octanol–water partition coefficient (Wildman–Crippen LogP) is 7.44. The molecule has 0 N–H and O–H groups in total. The smallest absolute Gasteiger partial charge is 0.298 e. The van der Waals surface area contributed by atoms with Crippen molar-refractivity contribution in [2.24, 2.45) is 5.92 Å². The molecule has 3 aliphatic rings. The summed E-state index contributed by atoms with van der Waals surface area (Å²) in [6.07, 6.45) is 7.87. The molecule has 7 nitrogen and oxygen atoms in total. The van der Waals surface area contributed by atoms with Crippen LogP contribution >= 0.6 is 11.8 Å². The molecule has 0 unspecified atom stereocenters. The molecule has 0 spiro atoms. The van der Waals surface area contributed by atoms with Crippen molar-refractivity contribution in [3.63, 3.8) is 0 Å². The van der Waals surface area contributed by atoms with Gasteiger partial charge >= 0.3 is 0 Å². The van der Waals surface area contributed by atoms with Gasteiger partial charge in [0.05, 0.1) is 17.2 Å². The minimum absolute atomic E-state index is 0.328. The van der Waals surface area contributed by atoms with Crippen LogP contribution in [-0.4, -0.2) is 66.8 Å². The highest BCUT2D eigenvalue weighted by Gasteiger charge is 2.36. The highest BCUT2D eigenvalue weighted by atomic mass is 32.2. The first-order valence-electron chi connectivity index (χ1n) is 15.5. The third-order valence-electron chi connectivity index (χ3n) is 8.18. The van der Waals surface area contributed by atoms with Gasteiger partial charge in [0.15, 0.2) is 0 Å². The van der Waals surface area contributed by atoms with Crippen LogP contribution in [0.15, 0.2) is 77.7 Å². The van der Waals surface area contributed by atoms with E-state index < -0.39 is 0 Å². The number of hydrogen-bond donors (Lipinski definition) is 0. The molecule has 3 aromatic rings. The van der Waals surface area contributed by atoms with E-state index in [9.17, 15) is 14.0 Å². The molecular formula is C35H38FN3O4S. The number of halogens is 1. The molecule has 0 radical (unpaired) electrons. The van der Waals surface area contributed by atoms with Crippen LogP contribution in [-0.2, 0) is 4.79 Å². The van der Waals surface area contributed by atoms with Gasteiger partial charge in [0.1, 0.15) is 23.1 Å². The molecule has 3 aromatic carbocycles. The maximum Gasteiger partial charge on any atom is 0.298 e. The zero-order valence-electron chi connectivity index (χ0n) is 24.8. The number of nitrogens with zero attached hydrogens (tertiary/aromatic N) is 3. The average molecular weight is 616 g/mol. The standard InChI is InChI=1S/C35H38FN3O4S/c36-28-8-14-32(15-9-28)43-31-12-6-26(7-13-31)24-33-34(40)39(35(41)44-33)29-10-16-30(17-11-29)42-23-3-1-2-18-37-19-21-38(22-20-37)25-27-4-5-27/h6-17,24,27H,1-5,18-23,25H2. The number of ether oxygens (including phenoxy) is 2. The maximum atomic E-state index is 13.1. The van der Waals surface area contributed by atoms with Gasteiger partial charge in [-0.2, -0.15) is 0 Å². The number of rotatable bonds is 13. The van der Waals surface area contributed by atoms with E-state index in [2.05, 4.69) is 9.80 Å². The molecule has 2 saturated heterocycles. The monoisotopic (exact) mass is 615 g/mol. The molecule has 9 heteroatoms. The lowest BCUT2D eigenvalue weighted by Gasteiger charge is -2.34. The Labute approximate surface area is 262 Å². The Kier molecular flexibility index (Phi) is 9.95. The second kappa shape index (κ2) is 14.4. The summed E-state index contributed by atoms with van der Waals surface area (Å²) in [5.41, 5.74) is 1.28. The van der Waals surface area contributed by atoms with Crippen molar-refractivity contribution in [1.82, 2.24) is 9.80 Å². The fraction of sp³-hybridized carbons (Fsp3) is 0.371. The van der Waals surface area contributed by atoms with E-state index in [1.807, 2.05) is 12.1 Å². The van der Waals surface area contributed by atoms with Crippen molar-refractivity contribution >= 4 is 34.7 Å². The summed E-state index contributed by atoms with van der Waals surface area (Å²) < 4.78 is 24.8. The van der Waals surface area contributed by atoms with Gasteiger partial charge in [0.25, 0.3) is 11.1 Å². The number of hydrogen-bond acceptors (Lipinski definition) is 7. The van der Waals surface area contributed by atoms with E-state index in [-0.39, 0.29) is 17.0 Å². The van der Waals surface area contributed by atoms with Crippen molar-refractivity contribution in [2.45, 2.75) is 32.1 Å². The van der Waals surface area contributed by atoms with Crippen LogP contribution in [0.2, 0.25) is 0 Å². The van der Waals surface area contributed by atoms with Gasteiger partial charge in [-0.05, 0) is 129 Å². The first kappa shape index (κ1) is 30.4. The molecule has 2 aliphatic heterocycles. The lowest BCUT2D eigenvalue weighted by molar-refractivity contribution is -0.113. The molecular weight excluding hydrogens is 577 g/mol. The fourth-order valence-corrected chi connectivity index (χ4v) is 6.31. The molecule has 2 amide bonds. The Balaban J connectivity index is 0.922. The van der Waals surface area contributed by atoms with Gasteiger partial charge in [-0.25, -0.2) is 9.29 Å². The zero-order valence-corrected chi connectivity index (χ0v) is 25.6. The fourth-order valence-electron chi connectivity index (χ4n) is 5.47. The Morgan fingerprint density at radius 1 is 0.773 bits per heavy atom. The highest BCUT2D eigenvalue weighted by molar-refractivity contribution is 8.19. The maximum absolute atomic E-state index is 13.1. The number of benzene rings is 3. The van der Waals surface area contributed by atoms with E-state index in [1.165, 1.54) is 69.0 Å². The Bertz CT molecular complexity index is 1450. The predicted molar refractivity (Wildman–Crippen MR) is 173 cm³/mol. The highest BCUT2D eigenvalue weighted by Crippen LogP contribution is 2.36. The quantitative estimate of drug-likeness (QED) is 0.146. The van der Waals surface area contributed by atoms with Crippen LogP contribution in [0.5, 0.6) is 17.2 Å². The van der Waals surface area contributed by atoms with E-state index in [0.717, 1.165) is 48.4 Å². The lowest BCUT2D eigenvalue weighted by Crippen LogP contribution is -2.47. The third kappa shape index (κ3) is 8.28. The van der Waals surface area contributed by atoms with E-state index in [1.54, 1.807) is 54.6 Å². The molecule has 0 bridgehead atoms. The van der Waals surface area contributed by atoms with E-state index in [0.29, 0.717) is 28.7 Å². The number of anilines is 1. The van der Waals surface area contributed by atoms with Gasteiger partial charge in [-0.15, -0.1) is 0 Å². The molecule has 0 atom stereocenters. The van der Waals surface area contributed by atoms with Crippen LogP contribution < -0.4 is 14.4 Å². The Morgan fingerprint density at radius 3 is 2.09 bits per heavy atom. The van der Waals surface area contributed by atoms with Gasteiger partial charge in [0.2, 0.25) is 0 Å².